The first-order chi connectivity index (χ1) is 7.19. The van der Waals surface area contributed by atoms with E-state index < -0.39 is 5.97 Å². The second-order valence-corrected chi connectivity index (χ2v) is 2.66. The number of ether oxygens (including phenoxy) is 1. The van der Waals surface area contributed by atoms with Crippen molar-refractivity contribution in [2.75, 3.05) is 12.8 Å². The highest BCUT2D eigenvalue weighted by Crippen LogP contribution is 2.12. The maximum absolute atomic E-state index is 11.2. The molecule has 15 heavy (non-hydrogen) atoms. The van der Waals surface area contributed by atoms with Gasteiger partial charge in [-0.05, 0) is 17.7 Å². The second kappa shape index (κ2) is 4.77. The van der Waals surface area contributed by atoms with Gasteiger partial charge in [0.1, 0.15) is 11.4 Å². The van der Waals surface area contributed by atoms with Crippen molar-refractivity contribution in [1.29, 1.82) is 5.26 Å². The zero-order chi connectivity index (χ0) is 11.3. The number of methoxy groups -OCH3 is 1. The fourth-order valence-electron chi connectivity index (χ4n) is 0.990. The first kappa shape index (κ1) is 10.7. The predicted molar refractivity (Wildman–Crippen MR) is 54.6 cm³/mol. The lowest BCUT2D eigenvalue weighted by Crippen LogP contribution is -2.07. The highest BCUT2D eigenvalue weighted by Gasteiger charge is 2.10. The Balaban J connectivity index is 3.12. The molecule has 0 aromatic carbocycles. The summed E-state index contributed by atoms with van der Waals surface area (Å²) in [4.78, 5) is 15.0. The fourth-order valence-corrected chi connectivity index (χ4v) is 0.990. The monoisotopic (exact) mass is 203 g/mol. The smallest absolute Gasteiger partial charge is 0.341 e. The largest absolute Gasteiger partial charge is 0.465 e. The van der Waals surface area contributed by atoms with Crippen LogP contribution >= 0.6 is 0 Å². The summed E-state index contributed by atoms with van der Waals surface area (Å²) in [5.41, 5.74) is 6.30. The van der Waals surface area contributed by atoms with Gasteiger partial charge in [-0.25, -0.2) is 9.78 Å². The zero-order valence-corrected chi connectivity index (χ0v) is 8.10. The summed E-state index contributed by atoms with van der Waals surface area (Å²) < 4.78 is 4.53. The molecule has 0 saturated heterocycles. The van der Waals surface area contributed by atoms with E-state index in [2.05, 4.69) is 9.72 Å². The number of carbonyl (C=O) groups is 1. The molecule has 0 aliphatic rings. The lowest BCUT2D eigenvalue weighted by atomic mass is 10.2. The van der Waals surface area contributed by atoms with Crippen LogP contribution in [-0.4, -0.2) is 18.1 Å². The van der Waals surface area contributed by atoms with Crippen molar-refractivity contribution in [3.63, 3.8) is 0 Å². The average molecular weight is 203 g/mol. The highest BCUT2D eigenvalue weighted by atomic mass is 16.5. The van der Waals surface area contributed by atoms with E-state index >= 15 is 0 Å². The molecule has 0 bridgehead atoms. The van der Waals surface area contributed by atoms with Crippen LogP contribution in [0.1, 0.15) is 15.9 Å². The molecule has 2 N–H and O–H groups in total. The van der Waals surface area contributed by atoms with Crippen LogP contribution in [-0.2, 0) is 4.74 Å². The van der Waals surface area contributed by atoms with Crippen molar-refractivity contribution < 1.29 is 9.53 Å². The Morgan fingerprint density at radius 3 is 3.07 bits per heavy atom. The van der Waals surface area contributed by atoms with Crippen LogP contribution in [0, 0.1) is 11.3 Å². The number of allylic oxidation sites excluding steroid dienone is 1. The number of nitriles is 1. The Bertz CT molecular complexity index is 446. The van der Waals surface area contributed by atoms with Crippen molar-refractivity contribution in [3.05, 3.63) is 29.5 Å². The highest BCUT2D eigenvalue weighted by molar-refractivity contribution is 5.94. The maximum Gasteiger partial charge on any atom is 0.341 e. The van der Waals surface area contributed by atoms with E-state index in [-0.39, 0.29) is 11.4 Å². The van der Waals surface area contributed by atoms with Gasteiger partial charge in [0.05, 0.1) is 13.2 Å². The van der Waals surface area contributed by atoms with Gasteiger partial charge in [0, 0.05) is 12.3 Å². The lowest BCUT2D eigenvalue weighted by Gasteiger charge is -2.03. The van der Waals surface area contributed by atoms with E-state index in [4.69, 9.17) is 11.0 Å². The lowest BCUT2D eigenvalue weighted by molar-refractivity contribution is 0.0601. The molecule has 0 amide bonds. The van der Waals surface area contributed by atoms with Crippen molar-refractivity contribution in [2.45, 2.75) is 0 Å². The minimum absolute atomic E-state index is 0.107. The molecule has 5 nitrogen and oxygen atoms in total. The minimum atomic E-state index is -0.549. The molecule has 1 rings (SSSR count). The molecule has 0 saturated carbocycles. The molecule has 1 aromatic rings. The first-order valence-corrected chi connectivity index (χ1v) is 4.09. The third-order valence-electron chi connectivity index (χ3n) is 1.70. The van der Waals surface area contributed by atoms with E-state index in [1.165, 1.54) is 31.5 Å². The van der Waals surface area contributed by atoms with Crippen LogP contribution in [0.4, 0.5) is 5.82 Å². The summed E-state index contributed by atoms with van der Waals surface area (Å²) >= 11 is 0. The fraction of sp³-hybridized carbons (Fsp3) is 0.100. The molecule has 0 spiro atoms. The first-order valence-electron chi connectivity index (χ1n) is 4.09. The summed E-state index contributed by atoms with van der Waals surface area (Å²) in [6.45, 7) is 0. The number of nitrogens with zero attached hydrogens (tertiary/aromatic N) is 2. The molecule has 0 aliphatic heterocycles. The van der Waals surface area contributed by atoms with Gasteiger partial charge < -0.3 is 10.5 Å². The number of hydrogen-bond donors (Lipinski definition) is 1. The van der Waals surface area contributed by atoms with Gasteiger partial charge in [0.15, 0.2) is 0 Å². The van der Waals surface area contributed by atoms with Crippen molar-refractivity contribution in [1.82, 2.24) is 4.98 Å². The van der Waals surface area contributed by atoms with Gasteiger partial charge in [0.2, 0.25) is 0 Å². The summed E-state index contributed by atoms with van der Waals surface area (Å²) in [6.07, 6.45) is 4.28. The maximum atomic E-state index is 11.2. The summed E-state index contributed by atoms with van der Waals surface area (Å²) in [7, 11) is 1.26. The quantitative estimate of drug-likeness (QED) is 0.571. The van der Waals surface area contributed by atoms with Crippen LogP contribution in [0.3, 0.4) is 0 Å². The number of carbonyl (C=O) groups excluding carboxylic acids is 1. The van der Waals surface area contributed by atoms with E-state index in [1.807, 2.05) is 6.07 Å². The number of anilines is 1. The number of aromatic nitrogens is 1. The molecule has 76 valence electrons. The molecule has 0 fully saturated rings. The number of hydrogen-bond acceptors (Lipinski definition) is 5. The van der Waals surface area contributed by atoms with Gasteiger partial charge in [-0.3, -0.25) is 0 Å². The van der Waals surface area contributed by atoms with E-state index in [1.54, 1.807) is 0 Å². The number of esters is 1. The second-order valence-electron chi connectivity index (χ2n) is 2.66. The van der Waals surface area contributed by atoms with Crippen molar-refractivity contribution >= 4 is 17.9 Å². The molecule has 1 heterocycles. The van der Waals surface area contributed by atoms with Gasteiger partial charge in [0.25, 0.3) is 0 Å². The topological polar surface area (TPSA) is 89.0 Å². The Morgan fingerprint density at radius 1 is 1.73 bits per heavy atom. The number of pyridine rings is 1. The molecular weight excluding hydrogens is 194 g/mol. The third-order valence-corrected chi connectivity index (χ3v) is 1.70. The summed E-state index contributed by atoms with van der Waals surface area (Å²) in [5, 5.41) is 8.33. The molecule has 1 aromatic heterocycles. The third kappa shape index (κ3) is 2.54. The van der Waals surface area contributed by atoms with E-state index in [9.17, 15) is 4.79 Å². The number of rotatable bonds is 2. The van der Waals surface area contributed by atoms with E-state index in [0.29, 0.717) is 5.56 Å². The molecule has 5 heteroatoms. The zero-order valence-electron chi connectivity index (χ0n) is 8.10. The van der Waals surface area contributed by atoms with Gasteiger partial charge >= 0.3 is 5.97 Å². The van der Waals surface area contributed by atoms with Crippen LogP contribution in [0.5, 0.6) is 0 Å². The number of nitrogens with two attached hydrogens (primary N) is 1. The Hall–Kier alpha value is -2.35. The Labute approximate surface area is 86.8 Å². The summed E-state index contributed by atoms with van der Waals surface area (Å²) in [5.74, 6) is -0.442. The van der Waals surface area contributed by atoms with Gasteiger partial charge in [-0.1, -0.05) is 0 Å². The standard InChI is InChI=1S/C10H9N3O2/c1-15-10(14)8-5-7(3-2-4-11)6-13-9(8)12/h2-3,5-6H,1H3,(H2,12,13). The van der Waals surface area contributed by atoms with Gasteiger partial charge in [-0.15, -0.1) is 0 Å². The number of nitrogen functional groups attached to an aromatic ring is 1. The molecule has 0 atom stereocenters. The van der Waals surface area contributed by atoms with Crippen LogP contribution in [0.15, 0.2) is 18.3 Å². The minimum Gasteiger partial charge on any atom is -0.465 e. The van der Waals surface area contributed by atoms with Crippen LogP contribution < -0.4 is 5.73 Å². The van der Waals surface area contributed by atoms with Crippen LogP contribution in [0.2, 0.25) is 0 Å². The normalized spacial score (nSPS) is 9.87. The van der Waals surface area contributed by atoms with Crippen molar-refractivity contribution in [3.8, 4) is 6.07 Å². The molecule has 0 radical (unpaired) electrons. The van der Waals surface area contributed by atoms with E-state index in [0.717, 1.165) is 0 Å². The van der Waals surface area contributed by atoms with Crippen molar-refractivity contribution in [2.24, 2.45) is 0 Å². The Kier molecular flexibility index (Phi) is 3.41. The van der Waals surface area contributed by atoms with Crippen LogP contribution in [0.25, 0.3) is 6.08 Å². The molecule has 0 unspecified atom stereocenters. The Morgan fingerprint density at radius 2 is 2.47 bits per heavy atom. The van der Waals surface area contributed by atoms with Gasteiger partial charge in [-0.2, -0.15) is 5.26 Å². The summed E-state index contributed by atoms with van der Waals surface area (Å²) in [6, 6.07) is 3.35. The predicted octanol–water partition coefficient (Wildman–Crippen LogP) is 0.987. The molecule has 0 aliphatic carbocycles. The SMILES string of the molecule is COC(=O)c1cc(C=CC#N)cnc1N. The average Bonchev–Trinajstić information content (AvgIpc) is 2.27. The molecular formula is C10H9N3O2.